The molecule has 0 heterocycles. The van der Waals surface area contributed by atoms with Gasteiger partial charge >= 0.3 is 0 Å². The summed E-state index contributed by atoms with van der Waals surface area (Å²) in [5.41, 5.74) is 6.14. The summed E-state index contributed by atoms with van der Waals surface area (Å²) in [6.07, 6.45) is 0.952. The van der Waals surface area contributed by atoms with Crippen LogP contribution in [0.3, 0.4) is 0 Å². The number of nitrogens with one attached hydrogen (secondary N) is 3. The molecule has 0 saturated carbocycles. The fourth-order valence-electron chi connectivity index (χ4n) is 2.96. The van der Waals surface area contributed by atoms with Crippen LogP contribution in [-0.4, -0.2) is 44.9 Å². The number of thiocarbonyl (C=S) groups is 1. The average molecular weight is 476 g/mol. The van der Waals surface area contributed by atoms with Crippen molar-refractivity contribution in [3.8, 4) is 23.0 Å². The van der Waals surface area contributed by atoms with Crippen LogP contribution >= 0.6 is 12.2 Å². The number of carbonyl (C=O) groups excluding carboxylic acids is 2. The van der Waals surface area contributed by atoms with E-state index in [1.54, 1.807) is 0 Å². The number of hydrazine groups is 1. The largest absolute Gasteiger partial charge is 0.493 e. The van der Waals surface area contributed by atoms with E-state index in [0.29, 0.717) is 28.9 Å². The average Bonchev–Trinajstić information content (AvgIpc) is 2.84. The predicted octanol–water partition coefficient (Wildman–Crippen LogP) is 2.94. The number of hydrogen-bond donors (Lipinski definition) is 3. The first kappa shape index (κ1) is 25.7. The van der Waals surface area contributed by atoms with Gasteiger partial charge in [-0.25, -0.2) is 0 Å². The number of carbonyl (C=O) groups is 2. The summed E-state index contributed by atoms with van der Waals surface area (Å²) < 4.78 is 21.4. The molecule has 0 aromatic heterocycles. The van der Waals surface area contributed by atoms with Crippen molar-refractivity contribution in [2.45, 2.75) is 26.2 Å². The van der Waals surface area contributed by atoms with Crippen molar-refractivity contribution in [2.24, 2.45) is 0 Å². The molecule has 0 spiro atoms. The van der Waals surface area contributed by atoms with Crippen molar-refractivity contribution in [1.82, 2.24) is 16.2 Å². The summed E-state index contributed by atoms with van der Waals surface area (Å²) in [6.45, 7) is 3.97. The van der Waals surface area contributed by atoms with Gasteiger partial charge in [0.05, 0.1) is 21.3 Å². The van der Waals surface area contributed by atoms with Crippen molar-refractivity contribution in [2.75, 3.05) is 27.9 Å². The zero-order valence-electron chi connectivity index (χ0n) is 19.3. The molecule has 2 aromatic rings. The lowest BCUT2D eigenvalue weighted by molar-refractivity contribution is -0.123. The zero-order chi connectivity index (χ0) is 24.4. The Morgan fingerprint density at radius 3 is 2.18 bits per heavy atom. The fourth-order valence-corrected chi connectivity index (χ4v) is 3.11. The van der Waals surface area contributed by atoms with Gasteiger partial charge in [0.2, 0.25) is 5.75 Å². The second kappa shape index (κ2) is 12.5. The SMILES string of the molecule is CCC(C)c1ccccc1OCC(=O)NNC(=S)NC(=O)c1cc(OC)c(OC)c(OC)c1. The van der Waals surface area contributed by atoms with Gasteiger partial charge in [0.1, 0.15) is 5.75 Å². The molecule has 1 atom stereocenters. The van der Waals surface area contributed by atoms with Crippen LogP contribution in [-0.2, 0) is 4.79 Å². The molecule has 9 nitrogen and oxygen atoms in total. The molecule has 0 radical (unpaired) electrons. The Morgan fingerprint density at radius 1 is 0.970 bits per heavy atom. The maximum atomic E-state index is 12.5. The van der Waals surface area contributed by atoms with E-state index < -0.39 is 11.8 Å². The first-order valence-corrected chi connectivity index (χ1v) is 10.7. The number of rotatable bonds is 9. The van der Waals surface area contributed by atoms with E-state index >= 15 is 0 Å². The van der Waals surface area contributed by atoms with Gasteiger partial charge < -0.3 is 18.9 Å². The van der Waals surface area contributed by atoms with Gasteiger partial charge in [0.15, 0.2) is 23.2 Å². The molecular formula is C23H29N3O6S. The molecule has 0 saturated heterocycles. The summed E-state index contributed by atoms with van der Waals surface area (Å²) in [5, 5.41) is 2.38. The van der Waals surface area contributed by atoms with E-state index in [4.69, 9.17) is 31.2 Å². The van der Waals surface area contributed by atoms with Crippen molar-refractivity contribution < 1.29 is 28.5 Å². The van der Waals surface area contributed by atoms with Crippen LogP contribution in [0.4, 0.5) is 0 Å². The van der Waals surface area contributed by atoms with Crippen molar-refractivity contribution in [3.05, 3.63) is 47.5 Å². The molecule has 0 aliphatic rings. The highest BCUT2D eigenvalue weighted by molar-refractivity contribution is 7.80. The normalized spacial score (nSPS) is 11.1. The molecule has 0 fully saturated rings. The van der Waals surface area contributed by atoms with Gasteiger partial charge in [-0.05, 0) is 48.3 Å². The Balaban J connectivity index is 1.90. The summed E-state index contributed by atoms with van der Waals surface area (Å²) in [6, 6.07) is 10.6. The third-order valence-corrected chi connectivity index (χ3v) is 5.09. The molecule has 178 valence electrons. The van der Waals surface area contributed by atoms with E-state index in [1.165, 1.54) is 33.5 Å². The van der Waals surface area contributed by atoms with Crippen LogP contribution in [0.25, 0.3) is 0 Å². The predicted molar refractivity (Wildman–Crippen MR) is 128 cm³/mol. The standard InChI is InChI=1S/C23H29N3O6S/c1-6-14(2)16-9-7-8-10-17(16)32-13-20(27)25-26-23(33)24-22(28)15-11-18(29-3)21(31-5)19(12-15)30-4/h7-12,14H,6,13H2,1-5H3,(H,25,27)(H2,24,26,28,33). The van der Waals surface area contributed by atoms with Crippen LogP contribution < -0.4 is 35.1 Å². The Labute approximate surface area is 198 Å². The lowest BCUT2D eigenvalue weighted by atomic mass is 9.98. The molecule has 0 bridgehead atoms. The topological polar surface area (TPSA) is 107 Å². The number of hydrogen-bond acceptors (Lipinski definition) is 7. The monoisotopic (exact) mass is 475 g/mol. The number of methoxy groups -OCH3 is 3. The van der Waals surface area contributed by atoms with E-state index in [1.807, 2.05) is 24.3 Å². The first-order chi connectivity index (χ1) is 15.8. The van der Waals surface area contributed by atoms with Gasteiger partial charge in [0.25, 0.3) is 11.8 Å². The maximum Gasteiger partial charge on any atom is 0.276 e. The number of para-hydroxylation sites is 1. The van der Waals surface area contributed by atoms with Crippen LogP contribution in [0.5, 0.6) is 23.0 Å². The van der Waals surface area contributed by atoms with Crippen LogP contribution in [0, 0.1) is 0 Å². The summed E-state index contributed by atoms with van der Waals surface area (Å²) in [4.78, 5) is 24.7. The molecule has 33 heavy (non-hydrogen) atoms. The van der Waals surface area contributed by atoms with Crippen LogP contribution in [0.15, 0.2) is 36.4 Å². The molecule has 10 heteroatoms. The Kier molecular flexibility index (Phi) is 9.74. The van der Waals surface area contributed by atoms with Crippen LogP contribution in [0.1, 0.15) is 42.1 Å². The first-order valence-electron chi connectivity index (χ1n) is 10.3. The highest BCUT2D eigenvalue weighted by Gasteiger charge is 2.18. The van der Waals surface area contributed by atoms with E-state index in [0.717, 1.165) is 12.0 Å². The summed E-state index contributed by atoms with van der Waals surface area (Å²) in [5.74, 6) is 0.978. The third-order valence-electron chi connectivity index (χ3n) is 4.89. The molecular weight excluding hydrogens is 446 g/mol. The Bertz CT molecular complexity index is 973. The Hall–Kier alpha value is -3.53. The lowest BCUT2D eigenvalue weighted by Crippen LogP contribution is -2.49. The molecule has 0 aliphatic carbocycles. The number of amides is 2. The fraction of sp³-hybridized carbons (Fsp3) is 0.348. The van der Waals surface area contributed by atoms with Gasteiger partial charge in [-0.15, -0.1) is 0 Å². The Morgan fingerprint density at radius 2 is 1.61 bits per heavy atom. The maximum absolute atomic E-state index is 12.5. The van der Waals surface area contributed by atoms with Gasteiger partial charge in [-0.1, -0.05) is 32.0 Å². The van der Waals surface area contributed by atoms with Crippen molar-refractivity contribution >= 4 is 29.1 Å². The second-order valence-electron chi connectivity index (χ2n) is 7.01. The number of ether oxygens (including phenoxy) is 4. The molecule has 2 amide bonds. The summed E-state index contributed by atoms with van der Waals surface area (Å²) >= 11 is 5.08. The molecule has 0 aliphatic heterocycles. The minimum absolute atomic E-state index is 0.0953. The van der Waals surface area contributed by atoms with Gasteiger partial charge in [-0.3, -0.25) is 25.8 Å². The highest BCUT2D eigenvalue weighted by atomic mass is 32.1. The van der Waals surface area contributed by atoms with Crippen LogP contribution in [0.2, 0.25) is 0 Å². The van der Waals surface area contributed by atoms with Gasteiger partial charge in [0, 0.05) is 5.56 Å². The lowest BCUT2D eigenvalue weighted by Gasteiger charge is -2.16. The second-order valence-corrected chi connectivity index (χ2v) is 7.41. The van der Waals surface area contributed by atoms with Crippen molar-refractivity contribution in [3.63, 3.8) is 0 Å². The zero-order valence-corrected chi connectivity index (χ0v) is 20.1. The van der Waals surface area contributed by atoms with E-state index in [9.17, 15) is 9.59 Å². The molecule has 1 unspecified atom stereocenters. The third kappa shape index (κ3) is 6.98. The highest BCUT2D eigenvalue weighted by Crippen LogP contribution is 2.38. The smallest absolute Gasteiger partial charge is 0.276 e. The quantitative estimate of drug-likeness (QED) is 0.375. The van der Waals surface area contributed by atoms with Gasteiger partial charge in [-0.2, -0.15) is 0 Å². The molecule has 2 aromatic carbocycles. The number of benzene rings is 2. The molecule has 2 rings (SSSR count). The van der Waals surface area contributed by atoms with E-state index in [-0.39, 0.29) is 17.3 Å². The van der Waals surface area contributed by atoms with E-state index in [2.05, 4.69) is 30.0 Å². The molecule has 3 N–H and O–H groups in total. The summed E-state index contributed by atoms with van der Waals surface area (Å²) in [7, 11) is 4.36. The minimum atomic E-state index is -0.528. The van der Waals surface area contributed by atoms with Crippen molar-refractivity contribution in [1.29, 1.82) is 0 Å². The minimum Gasteiger partial charge on any atom is -0.493 e.